The van der Waals surface area contributed by atoms with Gasteiger partial charge in [0.1, 0.15) is 11.7 Å². The van der Waals surface area contributed by atoms with E-state index >= 15 is 0 Å². The van der Waals surface area contributed by atoms with Gasteiger partial charge in [0.2, 0.25) is 5.91 Å². The molecule has 1 aliphatic carbocycles. The predicted octanol–water partition coefficient (Wildman–Crippen LogP) is 3.48. The number of halogens is 1. The van der Waals surface area contributed by atoms with Gasteiger partial charge in [-0.3, -0.25) is 9.59 Å². The van der Waals surface area contributed by atoms with E-state index < -0.39 is 15.8 Å². The number of nitriles is 1. The average Bonchev–Trinajstić information content (AvgIpc) is 2.85. The van der Waals surface area contributed by atoms with Crippen LogP contribution < -0.4 is 10.6 Å². The molecular formula is C24H27ClN4O4S2. The van der Waals surface area contributed by atoms with Gasteiger partial charge in [-0.1, -0.05) is 24.4 Å². The zero-order chi connectivity index (χ0) is 25.3. The van der Waals surface area contributed by atoms with E-state index in [0.717, 1.165) is 17.7 Å². The lowest BCUT2D eigenvalue weighted by atomic mass is 9.80. The van der Waals surface area contributed by atoms with Gasteiger partial charge < -0.3 is 10.6 Å². The maximum Gasteiger partial charge on any atom is 0.254 e. The molecule has 8 nitrogen and oxygen atoms in total. The van der Waals surface area contributed by atoms with E-state index in [9.17, 15) is 18.0 Å². The number of hydrogen-bond donors (Lipinski definition) is 2. The minimum atomic E-state index is -3.56. The first-order valence-corrected chi connectivity index (χ1v) is 14.3. The molecule has 2 atom stereocenters. The van der Waals surface area contributed by atoms with Crippen molar-refractivity contribution in [2.24, 2.45) is 11.8 Å². The smallest absolute Gasteiger partial charge is 0.254 e. The summed E-state index contributed by atoms with van der Waals surface area (Å²) in [6.45, 7) is 0.334. The molecule has 3 rings (SSSR count). The number of pyridine rings is 1. The van der Waals surface area contributed by atoms with Gasteiger partial charge >= 0.3 is 0 Å². The Morgan fingerprint density at radius 3 is 2.60 bits per heavy atom. The monoisotopic (exact) mass is 534 g/mol. The molecule has 186 valence electrons. The normalized spacial score (nSPS) is 17.8. The molecule has 35 heavy (non-hydrogen) atoms. The van der Waals surface area contributed by atoms with Gasteiger partial charge in [0.15, 0.2) is 9.84 Å². The van der Waals surface area contributed by atoms with Gasteiger partial charge in [-0.05, 0) is 55.2 Å². The summed E-state index contributed by atoms with van der Waals surface area (Å²) in [7, 11) is -3.56. The largest absolute Gasteiger partial charge is 0.351 e. The number of hydrogen-bond acceptors (Lipinski definition) is 7. The molecule has 2 amide bonds. The fraction of sp³-hybridized carbons (Fsp3) is 0.417. The predicted molar refractivity (Wildman–Crippen MR) is 135 cm³/mol. The summed E-state index contributed by atoms with van der Waals surface area (Å²) in [6, 6.07) is 11.8. The summed E-state index contributed by atoms with van der Waals surface area (Å²) in [4.78, 5) is 29.6. The van der Waals surface area contributed by atoms with Crippen molar-refractivity contribution in [1.82, 2.24) is 15.6 Å². The molecule has 1 saturated carbocycles. The van der Waals surface area contributed by atoms with Crippen LogP contribution in [-0.2, 0) is 14.6 Å². The third kappa shape index (κ3) is 7.69. The molecule has 1 aliphatic rings. The number of amides is 2. The molecule has 0 saturated heterocycles. The Morgan fingerprint density at radius 1 is 1.14 bits per heavy atom. The number of rotatable bonds is 10. The Kier molecular flexibility index (Phi) is 9.95. The van der Waals surface area contributed by atoms with Crippen LogP contribution in [0, 0.1) is 23.2 Å². The highest BCUT2D eigenvalue weighted by atomic mass is 35.5. The Labute approximate surface area is 214 Å². The highest BCUT2D eigenvalue weighted by Gasteiger charge is 2.34. The average molecular weight is 535 g/mol. The Balaban J connectivity index is 1.52. The lowest BCUT2D eigenvalue weighted by Gasteiger charge is -2.30. The number of nitrogens with zero attached hydrogens (tertiary/aromatic N) is 2. The third-order valence-electron chi connectivity index (χ3n) is 5.86. The van der Waals surface area contributed by atoms with Crippen LogP contribution in [0.25, 0.3) is 0 Å². The first-order chi connectivity index (χ1) is 16.8. The molecule has 0 radical (unpaired) electrons. The van der Waals surface area contributed by atoms with E-state index in [1.807, 2.05) is 6.07 Å². The standard InChI is InChI=1S/C24H27ClN4O4S2/c25-22-21(6-3-12-27-22)24(31)29-14-15-34-18-7-9-19(10-8-18)35(32,33)16-17-4-1-2-5-20(17)23(30)28-13-11-26/h3,6-10,12,17,20H,1-2,4-5,13-16H2,(H,28,30)(H,29,31)/t17-,20+/m1/s1. The molecule has 1 heterocycles. The molecule has 11 heteroatoms. The lowest BCUT2D eigenvalue weighted by molar-refractivity contribution is -0.127. The van der Waals surface area contributed by atoms with Gasteiger partial charge in [-0.25, -0.2) is 13.4 Å². The number of nitrogens with one attached hydrogen (secondary N) is 2. The summed E-state index contributed by atoms with van der Waals surface area (Å²) in [5, 5.41) is 14.2. The summed E-state index contributed by atoms with van der Waals surface area (Å²) in [5.41, 5.74) is 0.316. The van der Waals surface area contributed by atoms with E-state index in [0.29, 0.717) is 30.7 Å². The molecule has 0 spiro atoms. The second-order valence-corrected chi connectivity index (χ2v) is 11.8. The van der Waals surface area contributed by atoms with Gasteiger partial charge in [0.05, 0.1) is 22.3 Å². The number of thioether (sulfide) groups is 1. The SMILES string of the molecule is N#CCNC(=O)[C@H]1CCCC[C@@H]1CS(=O)(=O)c1ccc(SCCNC(=O)c2cccnc2Cl)cc1. The zero-order valence-electron chi connectivity index (χ0n) is 19.1. The van der Waals surface area contributed by atoms with Crippen LogP contribution in [0.4, 0.5) is 0 Å². The molecule has 0 bridgehead atoms. The van der Waals surface area contributed by atoms with Crippen LogP contribution in [0.2, 0.25) is 5.15 Å². The topological polar surface area (TPSA) is 129 Å². The van der Waals surface area contributed by atoms with Gasteiger partial charge in [-0.15, -0.1) is 11.8 Å². The van der Waals surface area contributed by atoms with Crippen molar-refractivity contribution in [3.05, 3.63) is 53.3 Å². The maximum absolute atomic E-state index is 13.0. The zero-order valence-corrected chi connectivity index (χ0v) is 21.5. The van der Waals surface area contributed by atoms with Crippen LogP contribution in [0.5, 0.6) is 0 Å². The van der Waals surface area contributed by atoms with Crippen LogP contribution in [0.15, 0.2) is 52.4 Å². The molecular weight excluding hydrogens is 508 g/mol. The number of aromatic nitrogens is 1. The molecule has 1 fully saturated rings. The van der Waals surface area contributed by atoms with Gasteiger partial charge in [-0.2, -0.15) is 5.26 Å². The fourth-order valence-corrected chi connectivity index (χ4v) is 6.79. The van der Waals surface area contributed by atoms with Crippen molar-refractivity contribution >= 4 is 45.0 Å². The second-order valence-electron chi connectivity index (χ2n) is 8.23. The van der Waals surface area contributed by atoms with Crippen LogP contribution >= 0.6 is 23.4 Å². The van der Waals surface area contributed by atoms with Crippen molar-refractivity contribution in [2.45, 2.75) is 35.5 Å². The minimum absolute atomic E-state index is 0.0746. The summed E-state index contributed by atoms with van der Waals surface area (Å²) < 4.78 is 26.1. The number of carbonyl (C=O) groups excluding carboxylic acids is 2. The molecule has 0 aliphatic heterocycles. The van der Waals surface area contributed by atoms with E-state index in [-0.39, 0.29) is 40.1 Å². The Morgan fingerprint density at radius 2 is 1.89 bits per heavy atom. The van der Waals surface area contributed by atoms with Crippen LogP contribution in [0.3, 0.4) is 0 Å². The first kappa shape index (κ1) is 27.0. The number of carbonyl (C=O) groups is 2. The van der Waals surface area contributed by atoms with E-state index in [4.69, 9.17) is 16.9 Å². The van der Waals surface area contributed by atoms with Gasteiger partial charge in [0.25, 0.3) is 5.91 Å². The minimum Gasteiger partial charge on any atom is -0.351 e. The van der Waals surface area contributed by atoms with Crippen molar-refractivity contribution in [3.8, 4) is 6.07 Å². The molecule has 2 N–H and O–H groups in total. The maximum atomic E-state index is 13.0. The van der Waals surface area contributed by atoms with E-state index in [1.54, 1.807) is 36.4 Å². The second kappa shape index (κ2) is 12.9. The van der Waals surface area contributed by atoms with Crippen LogP contribution in [-0.4, -0.2) is 49.8 Å². The first-order valence-electron chi connectivity index (χ1n) is 11.3. The van der Waals surface area contributed by atoms with Crippen molar-refractivity contribution in [1.29, 1.82) is 5.26 Å². The Hall–Kier alpha value is -2.61. The summed E-state index contributed by atoms with van der Waals surface area (Å²) in [6.07, 6.45) is 4.59. The molecule has 2 aromatic rings. The number of sulfone groups is 1. The molecule has 1 aromatic heterocycles. The van der Waals surface area contributed by atoms with E-state index in [2.05, 4.69) is 15.6 Å². The number of benzene rings is 1. The lowest BCUT2D eigenvalue weighted by Crippen LogP contribution is -2.39. The van der Waals surface area contributed by atoms with Gasteiger partial charge in [0, 0.05) is 29.3 Å². The third-order valence-corrected chi connectivity index (χ3v) is 9.04. The fourth-order valence-electron chi connectivity index (χ4n) is 4.12. The molecule has 1 aromatic carbocycles. The highest BCUT2D eigenvalue weighted by Crippen LogP contribution is 2.33. The van der Waals surface area contributed by atoms with Crippen molar-refractivity contribution in [3.63, 3.8) is 0 Å². The van der Waals surface area contributed by atoms with Crippen LogP contribution in [0.1, 0.15) is 36.0 Å². The Bertz CT molecular complexity index is 1180. The van der Waals surface area contributed by atoms with Crippen molar-refractivity contribution < 1.29 is 18.0 Å². The summed E-state index contributed by atoms with van der Waals surface area (Å²) >= 11 is 7.42. The van der Waals surface area contributed by atoms with Crippen molar-refractivity contribution in [2.75, 3.05) is 24.6 Å². The molecule has 0 unspecified atom stereocenters. The summed E-state index contributed by atoms with van der Waals surface area (Å²) in [5.74, 6) is -0.690. The van der Waals surface area contributed by atoms with E-state index in [1.165, 1.54) is 18.0 Å². The highest BCUT2D eigenvalue weighted by molar-refractivity contribution is 7.99. The quantitative estimate of drug-likeness (QED) is 0.206.